The van der Waals surface area contributed by atoms with Crippen molar-refractivity contribution in [3.05, 3.63) is 48.0 Å². The third kappa shape index (κ3) is 2.80. The van der Waals surface area contributed by atoms with Crippen LogP contribution in [0.3, 0.4) is 0 Å². The lowest BCUT2D eigenvalue weighted by Crippen LogP contribution is -2.43. The van der Waals surface area contributed by atoms with E-state index in [1.165, 1.54) is 0 Å². The van der Waals surface area contributed by atoms with Crippen molar-refractivity contribution in [2.75, 3.05) is 26.3 Å². The Hall–Kier alpha value is -2.04. The minimum absolute atomic E-state index is 0.593. The molecule has 23 heavy (non-hydrogen) atoms. The van der Waals surface area contributed by atoms with Gasteiger partial charge in [-0.05, 0) is 48.2 Å². The number of hydrogen-bond acceptors (Lipinski definition) is 4. The van der Waals surface area contributed by atoms with Gasteiger partial charge in [0, 0.05) is 6.54 Å². The van der Waals surface area contributed by atoms with E-state index in [4.69, 9.17) is 9.47 Å². The molecule has 2 N–H and O–H groups in total. The lowest BCUT2D eigenvalue weighted by molar-refractivity contribution is 0.0123. The molecule has 1 unspecified atom stereocenters. The minimum atomic E-state index is -0.746. The maximum absolute atomic E-state index is 10.8. The molecule has 0 radical (unpaired) electrons. The van der Waals surface area contributed by atoms with E-state index in [0.717, 1.165) is 47.6 Å². The molecular formula is C19H21NO3. The molecule has 2 aromatic carbocycles. The standard InChI is InChI=1S/C19H21NO3/c21-19(8-1-9-20-13-19)16-5-2-14(3-6-16)15-4-7-17-18(12-15)23-11-10-22-17/h2-7,12,20-21H,1,8-11,13H2. The highest BCUT2D eigenvalue weighted by molar-refractivity contribution is 5.67. The Morgan fingerprint density at radius 3 is 2.39 bits per heavy atom. The molecule has 2 aliphatic rings. The first-order chi connectivity index (χ1) is 11.2. The van der Waals surface area contributed by atoms with Crippen molar-refractivity contribution in [3.63, 3.8) is 0 Å². The summed E-state index contributed by atoms with van der Waals surface area (Å²) < 4.78 is 11.2. The molecule has 1 atom stereocenters. The highest BCUT2D eigenvalue weighted by Crippen LogP contribution is 2.35. The molecular weight excluding hydrogens is 290 g/mol. The van der Waals surface area contributed by atoms with Crippen LogP contribution in [0.15, 0.2) is 42.5 Å². The van der Waals surface area contributed by atoms with Crippen LogP contribution < -0.4 is 14.8 Å². The van der Waals surface area contributed by atoms with Crippen LogP contribution in [0.25, 0.3) is 11.1 Å². The number of ether oxygens (including phenoxy) is 2. The zero-order chi connectivity index (χ0) is 15.7. The molecule has 4 heteroatoms. The highest BCUT2D eigenvalue weighted by atomic mass is 16.6. The summed E-state index contributed by atoms with van der Waals surface area (Å²) in [6.45, 7) is 2.80. The second-order valence-electron chi connectivity index (χ2n) is 6.25. The van der Waals surface area contributed by atoms with Gasteiger partial charge >= 0.3 is 0 Å². The largest absolute Gasteiger partial charge is 0.486 e. The summed E-state index contributed by atoms with van der Waals surface area (Å²) in [6, 6.07) is 14.2. The van der Waals surface area contributed by atoms with Crippen molar-refractivity contribution in [1.29, 1.82) is 0 Å². The van der Waals surface area contributed by atoms with E-state index in [-0.39, 0.29) is 0 Å². The van der Waals surface area contributed by atoms with Crippen LogP contribution in [0.1, 0.15) is 18.4 Å². The Morgan fingerprint density at radius 2 is 1.65 bits per heavy atom. The predicted octanol–water partition coefficient (Wildman–Crippen LogP) is 2.70. The number of aliphatic hydroxyl groups is 1. The summed E-state index contributed by atoms with van der Waals surface area (Å²) >= 11 is 0. The Bertz CT molecular complexity index is 690. The average Bonchev–Trinajstić information content (AvgIpc) is 2.62. The van der Waals surface area contributed by atoms with E-state index in [0.29, 0.717) is 19.8 Å². The van der Waals surface area contributed by atoms with Gasteiger partial charge in [0.15, 0.2) is 11.5 Å². The summed E-state index contributed by atoms with van der Waals surface area (Å²) in [5, 5.41) is 14.0. The number of piperidine rings is 1. The van der Waals surface area contributed by atoms with Crippen LogP contribution in [0.5, 0.6) is 11.5 Å². The molecule has 4 nitrogen and oxygen atoms in total. The van der Waals surface area contributed by atoms with Gasteiger partial charge in [-0.1, -0.05) is 30.3 Å². The van der Waals surface area contributed by atoms with Gasteiger partial charge in [-0.25, -0.2) is 0 Å². The van der Waals surface area contributed by atoms with Crippen LogP contribution in [0, 0.1) is 0 Å². The van der Waals surface area contributed by atoms with E-state index in [1.807, 2.05) is 30.3 Å². The second-order valence-corrected chi connectivity index (χ2v) is 6.25. The Kier molecular flexibility index (Phi) is 3.71. The van der Waals surface area contributed by atoms with Gasteiger partial charge in [0.05, 0.1) is 0 Å². The quantitative estimate of drug-likeness (QED) is 0.895. The number of rotatable bonds is 2. The smallest absolute Gasteiger partial charge is 0.161 e. The Morgan fingerprint density at radius 1 is 0.913 bits per heavy atom. The van der Waals surface area contributed by atoms with Gasteiger partial charge in [-0.15, -0.1) is 0 Å². The maximum Gasteiger partial charge on any atom is 0.161 e. The first-order valence-corrected chi connectivity index (χ1v) is 8.18. The average molecular weight is 311 g/mol. The van der Waals surface area contributed by atoms with Gasteiger partial charge in [0.1, 0.15) is 18.8 Å². The summed E-state index contributed by atoms with van der Waals surface area (Å²) in [4.78, 5) is 0. The molecule has 1 fully saturated rings. The fourth-order valence-corrected chi connectivity index (χ4v) is 3.33. The zero-order valence-electron chi connectivity index (χ0n) is 13.0. The van der Waals surface area contributed by atoms with E-state index < -0.39 is 5.60 Å². The predicted molar refractivity (Wildman–Crippen MR) is 88.9 cm³/mol. The van der Waals surface area contributed by atoms with Crippen LogP contribution >= 0.6 is 0 Å². The van der Waals surface area contributed by atoms with Crippen molar-refractivity contribution in [3.8, 4) is 22.6 Å². The van der Waals surface area contributed by atoms with Gasteiger partial charge in [-0.3, -0.25) is 0 Å². The summed E-state index contributed by atoms with van der Waals surface area (Å²) in [6.07, 6.45) is 1.81. The normalized spacial score (nSPS) is 23.5. The summed E-state index contributed by atoms with van der Waals surface area (Å²) in [5.74, 6) is 1.60. The summed E-state index contributed by atoms with van der Waals surface area (Å²) in [7, 11) is 0. The Balaban J connectivity index is 1.60. The van der Waals surface area contributed by atoms with Crippen molar-refractivity contribution in [2.45, 2.75) is 18.4 Å². The van der Waals surface area contributed by atoms with Crippen molar-refractivity contribution in [2.24, 2.45) is 0 Å². The fourth-order valence-electron chi connectivity index (χ4n) is 3.33. The van der Waals surface area contributed by atoms with E-state index >= 15 is 0 Å². The molecule has 2 aromatic rings. The molecule has 0 aliphatic carbocycles. The SMILES string of the molecule is OC1(c2ccc(-c3ccc4c(c3)OCCO4)cc2)CCCNC1. The van der Waals surface area contributed by atoms with Gasteiger partial charge in [-0.2, -0.15) is 0 Å². The fraction of sp³-hybridized carbons (Fsp3) is 0.368. The lowest BCUT2D eigenvalue weighted by Gasteiger charge is -2.33. The van der Waals surface area contributed by atoms with E-state index in [9.17, 15) is 5.11 Å². The van der Waals surface area contributed by atoms with Gasteiger partial charge < -0.3 is 19.9 Å². The van der Waals surface area contributed by atoms with Crippen LogP contribution in [-0.4, -0.2) is 31.4 Å². The number of fused-ring (bicyclic) bond motifs is 1. The molecule has 4 rings (SSSR count). The highest BCUT2D eigenvalue weighted by Gasteiger charge is 2.30. The molecule has 0 bridgehead atoms. The molecule has 2 aliphatic heterocycles. The molecule has 0 amide bonds. The van der Waals surface area contributed by atoms with Gasteiger partial charge in [0.2, 0.25) is 0 Å². The molecule has 0 aromatic heterocycles. The number of benzene rings is 2. The topological polar surface area (TPSA) is 50.7 Å². The number of β-amino-alcohol motifs (C(OH)–C–C–N with tert-alkyl or cyclic N) is 1. The summed E-state index contributed by atoms with van der Waals surface area (Å²) in [5.41, 5.74) is 2.43. The number of nitrogens with one attached hydrogen (secondary N) is 1. The van der Waals surface area contributed by atoms with Crippen molar-refractivity contribution >= 4 is 0 Å². The number of hydrogen-bond donors (Lipinski definition) is 2. The van der Waals surface area contributed by atoms with Crippen LogP contribution in [0.4, 0.5) is 0 Å². The molecule has 0 spiro atoms. The van der Waals surface area contributed by atoms with E-state index in [1.54, 1.807) is 0 Å². The lowest BCUT2D eigenvalue weighted by atomic mass is 9.86. The minimum Gasteiger partial charge on any atom is -0.486 e. The molecule has 120 valence electrons. The van der Waals surface area contributed by atoms with Crippen LogP contribution in [-0.2, 0) is 5.60 Å². The first kappa shape index (κ1) is 14.5. The third-order valence-corrected chi connectivity index (χ3v) is 4.66. The molecule has 2 heterocycles. The third-order valence-electron chi connectivity index (χ3n) is 4.66. The Labute approximate surface area is 136 Å². The van der Waals surface area contributed by atoms with Crippen molar-refractivity contribution < 1.29 is 14.6 Å². The molecule has 0 saturated carbocycles. The van der Waals surface area contributed by atoms with Gasteiger partial charge in [0.25, 0.3) is 0 Å². The molecule has 1 saturated heterocycles. The first-order valence-electron chi connectivity index (χ1n) is 8.18. The maximum atomic E-state index is 10.8. The van der Waals surface area contributed by atoms with Crippen molar-refractivity contribution in [1.82, 2.24) is 5.32 Å². The second kappa shape index (κ2) is 5.87. The monoisotopic (exact) mass is 311 g/mol. The zero-order valence-corrected chi connectivity index (χ0v) is 13.0. The van der Waals surface area contributed by atoms with E-state index in [2.05, 4.69) is 17.4 Å². The van der Waals surface area contributed by atoms with Crippen LogP contribution in [0.2, 0.25) is 0 Å².